The number of methoxy groups -OCH3 is 1. The number of rotatable bonds is 10. The van der Waals surface area contributed by atoms with Crippen LogP contribution in [0.25, 0.3) is 0 Å². The fourth-order valence-electron chi connectivity index (χ4n) is 3.12. The highest BCUT2D eigenvalue weighted by Crippen LogP contribution is 2.28. The van der Waals surface area contributed by atoms with E-state index >= 15 is 0 Å². The first-order valence-corrected chi connectivity index (χ1v) is 12.6. The molecule has 1 unspecified atom stereocenters. The van der Waals surface area contributed by atoms with Gasteiger partial charge in [0.25, 0.3) is 0 Å². The molecule has 0 radical (unpaired) electrons. The molecule has 0 aliphatic carbocycles. The average Bonchev–Trinajstić information content (AvgIpc) is 2.75. The van der Waals surface area contributed by atoms with Gasteiger partial charge in [-0.25, -0.2) is 8.42 Å². The zero-order chi connectivity index (χ0) is 23.9. The van der Waals surface area contributed by atoms with Gasteiger partial charge in [0.05, 0.1) is 19.1 Å². The number of para-hydroxylation sites is 1. The van der Waals surface area contributed by atoms with Crippen molar-refractivity contribution in [3.63, 3.8) is 0 Å². The minimum atomic E-state index is -3.77. The Kier molecular flexibility index (Phi) is 9.09. The highest BCUT2D eigenvalue weighted by Gasteiger charge is 2.30. The third kappa shape index (κ3) is 6.70. The number of nitrogens with zero attached hydrogens (tertiary/aromatic N) is 2. The molecule has 0 saturated heterocycles. The lowest BCUT2D eigenvalue weighted by Gasteiger charge is -2.31. The number of halogens is 1. The molecule has 0 aliphatic rings. The molecule has 2 amide bonds. The molecule has 2 rings (SSSR count). The SMILES string of the molecule is CCNC(=O)C(C)N(Cc1cccc(OC)c1)C(=O)CN(c1ccccc1Br)S(C)(=O)=O. The van der Waals surface area contributed by atoms with Crippen molar-refractivity contribution >= 4 is 43.5 Å². The molecule has 2 aromatic carbocycles. The Bertz CT molecular complexity index is 1060. The van der Waals surface area contributed by atoms with Crippen LogP contribution in [0.4, 0.5) is 5.69 Å². The molecule has 32 heavy (non-hydrogen) atoms. The Balaban J connectivity index is 2.40. The third-order valence-electron chi connectivity index (χ3n) is 4.81. The fourth-order valence-corrected chi connectivity index (χ4v) is 4.60. The molecular formula is C22H28BrN3O5S. The number of ether oxygens (including phenoxy) is 1. The molecule has 0 saturated carbocycles. The molecule has 0 aromatic heterocycles. The summed E-state index contributed by atoms with van der Waals surface area (Å²) in [4.78, 5) is 27.3. The summed E-state index contributed by atoms with van der Waals surface area (Å²) in [6, 6.07) is 13.1. The molecule has 10 heteroatoms. The summed E-state index contributed by atoms with van der Waals surface area (Å²) in [7, 11) is -2.23. The smallest absolute Gasteiger partial charge is 0.244 e. The maximum Gasteiger partial charge on any atom is 0.244 e. The Morgan fingerprint density at radius 1 is 1.16 bits per heavy atom. The van der Waals surface area contributed by atoms with E-state index in [9.17, 15) is 18.0 Å². The first-order valence-electron chi connectivity index (χ1n) is 10.0. The van der Waals surface area contributed by atoms with E-state index in [1.54, 1.807) is 63.4 Å². The Morgan fingerprint density at radius 2 is 1.84 bits per heavy atom. The topological polar surface area (TPSA) is 96.0 Å². The van der Waals surface area contributed by atoms with Crippen molar-refractivity contribution in [2.45, 2.75) is 26.4 Å². The number of anilines is 1. The molecule has 174 valence electrons. The number of amides is 2. The van der Waals surface area contributed by atoms with Crippen molar-refractivity contribution in [2.75, 3.05) is 30.8 Å². The van der Waals surface area contributed by atoms with Crippen molar-refractivity contribution < 1.29 is 22.7 Å². The zero-order valence-electron chi connectivity index (χ0n) is 18.5. The number of hydrogen-bond acceptors (Lipinski definition) is 5. The molecular weight excluding hydrogens is 498 g/mol. The number of likely N-dealkylation sites (N-methyl/N-ethyl adjacent to an activating group) is 1. The number of nitrogens with one attached hydrogen (secondary N) is 1. The lowest BCUT2D eigenvalue weighted by Crippen LogP contribution is -2.51. The van der Waals surface area contributed by atoms with Crippen molar-refractivity contribution in [1.29, 1.82) is 0 Å². The quantitative estimate of drug-likeness (QED) is 0.514. The molecule has 0 bridgehead atoms. The van der Waals surface area contributed by atoms with Crippen LogP contribution in [0.5, 0.6) is 5.75 Å². The molecule has 2 aromatic rings. The standard InChI is InChI=1S/C22H28BrN3O5S/c1-5-24-22(28)16(2)25(14-17-9-8-10-18(13-17)31-3)21(27)15-26(32(4,29)30)20-12-7-6-11-19(20)23/h6-13,16H,5,14-15H2,1-4H3,(H,24,28). The summed E-state index contributed by atoms with van der Waals surface area (Å²) in [5, 5.41) is 2.72. The van der Waals surface area contributed by atoms with E-state index in [4.69, 9.17) is 4.74 Å². The van der Waals surface area contributed by atoms with Crippen molar-refractivity contribution in [3.05, 3.63) is 58.6 Å². The summed E-state index contributed by atoms with van der Waals surface area (Å²) in [5.74, 6) is -0.213. The number of sulfonamides is 1. The molecule has 8 nitrogen and oxygen atoms in total. The van der Waals surface area contributed by atoms with E-state index < -0.39 is 28.5 Å². The second-order valence-electron chi connectivity index (χ2n) is 7.16. The van der Waals surface area contributed by atoms with Crippen LogP contribution in [-0.2, 0) is 26.2 Å². The predicted molar refractivity (Wildman–Crippen MR) is 128 cm³/mol. The normalized spacial score (nSPS) is 12.0. The summed E-state index contributed by atoms with van der Waals surface area (Å²) < 4.78 is 31.9. The van der Waals surface area contributed by atoms with Crippen LogP contribution in [0, 0.1) is 0 Å². The highest BCUT2D eigenvalue weighted by molar-refractivity contribution is 9.10. The van der Waals surface area contributed by atoms with E-state index in [2.05, 4.69) is 21.2 Å². The van der Waals surface area contributed by atoms with Gasteiger partial charge in [0.1, 0.15) is 18.3 Å². The highest BCUT2D eigenvalue weighted by atomic mass is 79.9. The van der Waals surface area contributed by atoms with Gasteiger partial charge >= 0.3 is 0 Å². The molecule has 1 N–H and O–H groups in total. The largest absolute Gasteiger partial charge is 0.497 e. The minimum absolute atomic E-state index is 0.113. The van der Waals surface area contributed by atoms with Gasteiger partial charge < -0.3 is 15.0 Å². The van der Waals surface area contributed by atoms with Crippen LogP contribution in [-0.4, -0.2) is 57.6 Å². The monoisotopic (exact) mass is 525 g/mol. The Labute approximate surface area is 197 Å². The van der Waals surface area contributed by atoms with E-state index in [-0.39, 0.29) is 12.5 Å². The third-order valence-corrected chi connectivity index (χ3v) is 6.60. The second kappa shape index (κ2) is 11.3. The van der Waals surface area contributed by atoms with Crippen LogP contribution < -0.4 is 14.4 Å². The fraction of sp³-hybridized carbons (Fsp3) is 0.364. The van der Waals surface area contributed by atoms with E-state index in [1.807, 2.05) is 6.07 Å². The Morgan fingerprint density at radius 3 is 2.44 bits per heavy atom. The number of benzene rings is 2. The lowest BCUT2D eigenvalue weighted by molar-refractivity contribution is -0.139. The maximum absolute atomic E-state index is 13.4. The second-order valence-corrected chi connectivity index (χ2v) is 9.93. The number of carbonyl (C=O) groups is 2. The summed E-state index contributed by atoms with van der Waals surface area (Å²) in [6.07, 6.45) is 1.04. The van der Waals surface area contributed by atoms with Gasteiger partial charge in [0, 0.05) is 17.6 Å². The molecule has 1 atom stereocenters. The van der Waals surface area contributed by atoms with Crippen LogP contribution in [0.3, 0.4) is 0 Å². The van der Waals surface area contributed by atoms with E-state index in [0.717, 1.165) is 16.1 Å². The van der Waals surface area contributed by atoms with Crippen LogP contribution >= 0.6 is 15.9 Å². The zero-order valence-corrected chi connectivity index (χ0v) is 20.9. The minimum Gasteiger partial charge on any atom is -0.497 e. The van der Waals surface area contributed by atoms with Crippen molar-refractivity contribution in [3.8, 4) is 5.75 Å². The van der Waals surface area contributed by atoms with Gasteiger partial charge in [-0.3, -0.25) is 13.9 Å². The first-order chi connectivity index (χ1) is 15.1. The van der Waals surface area contributed by atoms with Gasteiger partial charge in [-0.2, -0.15) is 0 Å². The molecule has 0 aliphatic heterocycles. The summed E-state index contributed by atoms with van der Waals surface area (Å²) in [5.41, 5.74) is 1.09. The van der Waals surface area contributed by atoms with Gasteiger partial charge in [-0.1, -0.05) is 24.3 Å². The van der Waals surface area contributed by atoms with Crippen LogP contribution in [0.1, 0.15) is 19.4 Å². The predicted octanol–water partition coefficient (Wildman–Crippen LogP) is 2.78. The van der Waals surface area contributed by atoms with Gasteiger partial charge in [0.15, 0.2) is 0 Å². The molecule has 0 spiro atoms. The lowest BCUT2D eigenvalue weighted by atomic mass is 10.1. The molecule has 0 heterocycles. The van der Waals surface area contributed by atoms with Crippen LogP contribution in [0.15, 0.2) is 53.0 Å². The first kappa shape index (κ1) is 25.7. The van der Waals surface area contributed by atoms with Gasteiger partial charge in [-0.15, -0.1) is 0 Å². The van der Waals surface area contributed by atoms with Crippen molar-refractivity contribution in [1.82, 2.24) is 10.2 Å². The Hall–Kier alpha value is -2.59. The van der Waals surface area contributed by atoms with Gasteiger partial charge in [0.2, 0.25) is 21.8 Å². The summed E-state index contributed by atoms with van der Waals surface area (Å²) >= 11 is 3.35. The summed E-state index contributed by atoms with van der Waals surface area (Å²) in [6.45, 7) is 3.48. The van der Waals surface area contributed by atoms with E-state index in [1.165, 1.54) is 4.90 Å². The van der Waals surface area contributed by atoms with Gasteiger partial charge in [-0.05, 0) is 59.6 Å². The number of carbonyl (C=O) groups excluding carboxylic acids is 2. The van der Waals surface area contributed by atoms with Crippen molar-refractivity contribution in [2.24, 2.45) is 0 Å². The van der Waals surface area contributed by atoms with E-state index in [0.29, 0.717) is 22.5 Å². The number of hydrogen-bond donors (Lipinski definition) is 1. The average molecular weight is 526 g/mol. The maximum atomic E-state index is 13.4. The molecule has 0 fully saturated rings. The van der Waals surface area contributed by atoms with Crippen LogP contribution in [0.2, 0.25) is 0 Å².